The number of nitrogens with one attached hydrogen (secondary N) is 1. The fourth-order valence-corrected chi connectivity index (χ4v) is 5.50. The van der Waals surface area contributed by atoms with Gasteiger partial charge < -0.3 is 10.2 Å². The zero-order valence-electron chi connectivity index (χ0n) is 21.3. The van der Waals surface area contributed by atoms with Crippen LogP contribution in [0, 0.1) is 0 Å². The number of nitrogens with zero attached hydrogens (tertiary/aromatic N) is 1. The van der Waals surface area contributed by atoms with E-state index < -0.39 is 0 Å². The summed E-state index contributed by atoms with van der Waals surface area (Å²) in [5.41, 5.74) is 3.42. The molecule has 0 heterocycles. The summed E-state index contributed by atoms with van der Waals surface area (Å²) >= 11 is 6.23. The number of amides is 1. The summed E-state index contributed by atoms with van der Waals surface area (Å²) in [6.45, 7) is 1.91. The zero-order valence-corrected chi connectivity index (χ0v) is 22.1. The Balaban J connectivity index is 1.38. The van der Waals surface area contributed by atoms with Gasteiger partial charge in [0.15, 0.2) is 5.78 Å². The van der Waals surface area contributed by atoms with Crippen LogP contribution in [0.2, 0.25) is 5.02 Å². The third-order valence-corrected chi connectivity index (χ3v) is 7.95. The first-order chi connectivity index (χ1) is 17.3. The highest BCUT2D eigenvalue weighted by atomic mass is 35.5. The molecule has 0 saturated heterocycles. The summed E-state index contributed by atoms with van der Waals surface area (Å²) in [5, 5.41) is 4.05. The lowest BCUT2D eigenvalue weighted by atomic mass is 9.74. The summed E-state index contributed by atoms with van der Waals surface area (Å²) < 4.78 is 0. The molecule has 0 radical (unpaired) electrons. The Morgan fingerprint density at radius 3 is 2.28 bits per heavy atom. The van der Waals surface area contributed by atoms with Gasteiger partial charge in [0.05, 0.1) is 5.92 Å². The number of likely N-dealkylation sites (N-methyl/N-ethyl adjacent to an activating group) is 1. The molecule has 1 saturated carbocycles. The van der Waals surface area contributed by atoms with E-state index in [0.717, 1.165) is 42.7 Å². The van der Waals surface area contributed by atoms with Crippen LogP contribution >= 0.6 is 11.6 Å². The SMILES string of the molecule is CC(C(=O)NC1CCC(Cc2cccc(Cl)c2)(N(C)C)CC1)c1cccc(C(=O)c2ccccc2)c1. The monoisotopic (exact) mass is 502 g/mol. The molecule has 0 bridgehead atoms. The van der Waals surface area contributed by atoms with Gasteiger partial charge in [0.25, 0.3) is 0 Å². The summed E-state index contributed by atoms with van der Waals surface area (Å²) in [6.07, 6.45) is 4.83. The maximum atomic E-state index is 13.2. The molecule has 4 rings (SSSR count). The van der Waals surface area contributed by atoms with Crippen molar-refractivity contribution in [2.45, 2.75) is 56.5 Å². The molecule has 0 aliphatic heterocycles. The van der Waals surface area contributed by atoms with Crippen LogP contribution in [0.3, 0.4) is 0 Å². The average Bonchev–Trinajstić information content (AvgIpc) is 2.89. The van der Waals surface area contributed by atoms with Crippen molar-refractivity contribution < 1.29 is 9.59 Å². The van der Waals surface area contributed by atoms with Crippen molar-refractivity contribution in [2.24, 2.45) is 0 Å². The Morgan fingerprint density at radius 2 is 1.61 bits per heavy atom. The number of carbonyl (C=O) groups excluding carboxylic acids is 2. The Labute approximate surface area is 219 Å². The molecule has 1 atom stereocenters. The van der Waals surface area contributed by atoms with E-state index in [-0.39, 0.29) is 29.2 Å². The van der Waals surface area contributed by atoms with Gasteiger partial charge in [0, 0.05) is 27.7 Å². The second-order valence-corrected chi connectivity index (χ2v) is 10.7. The molecule has 3 aromatic rings. The molecule has 1 aliphatic rings. The lowest BCUT2D eigenvalue weighted by Gasteiger charge is -2.45. The van der Waals surface area contributed by atoms with Gasteiger partial charge in [0.2, 0.25) is 5.91 Å². The van der Waals surface area contributed by atoms with E-state index in [1.165, 1.54) is 5.56 Å². The van der Waals surface area contributed by atoms with E-state index in [4.69, 9.17) is 11.6 Å². The van der Waals surface area contributed by atoms with Gasteiger partial charge in [-0.1, -0.05) is 72.3 Å². The van der Waals surface area contributed by atoms with Gasteiger partial charge in [0.1, 0.15) is 0 Å². The molecule has 1 N–H and O–H groups in total. The summed E-state index contributed by atoms with van der Waals surface area (Å²) in [7, 11) is 4.30. The number of hydrogen-bond donors (Lipinski definition) is 1. The molecule has 4 nitrogen and oxygen atoms in total. The average molecular weight is 503 g/mol. The third-order valence-electron chi connectivity index (χ3n) is 7.71. The van der Waals surface area contributed by atoms with Gasteiger partial charge in [-0.15, -0.1) is 0 Å². The first-order valence-corrected chi connectivity index (χ1v) is 13.1. The van der Waals surface area contributed by atoms with E-state index in [1.54, 1.807) is 0 Å². The Morgan fingerprint density at radius 1 is 0.944 bits per heavy atom. The number of halogens is 1. The molecule has 36 heavy (non-hydrogen) atoms. The third kappa shape index (κ3) is 6.05. The van der Waals surface area contributed by atoms with Crippen molar-refractivity contribution >= 4 is 23.3 Å². The minimum Gasteiger partial charge on any atom is -0.353 e. The number of benzene rings is 3. The van der Waals surface area contributed by atoms with E-state index >= 15 is 0 Å². The van der Waals surface area contributed by atoms with Crippen molar-refractivity contribution in [3.63, 3.8) is 0 Å². The summed E-state index contributed by atoms with van der Waals surface area (Å²) in [6, 6.07) is 25.0. The number of ketones is 1. The van der Waals surface area contributed by atoms with Gasteiger partial charge in [-0.3, -0.25) is 9.59 Å². The summed E-state index contributed by atoms with van der Waals surface area (Å²) in [5.74, 6) is -0.353. The second kappa shape index (κ2) is 11.4. The lowest BCUT2D eigenvalue weighted by Crippen LogP contribution is -2.52. The molecule has 1 amide bonds. The molecule has 1 unspecified atom stereocenters. The first kappa shape index (κ1) is 26.1. The van der Waals surface area contributed by atoms with Crippen molar-refractivity contribution in [1.82, 2.24) is 10.2 Å². The predicted molar refractivity (Wildman–Crippen MR) is 147 cm³/mol. The molecule has 1 aliphatic carbocycles. The number of carbonyl (C=O) groups is 2. The Bertz CT molecular complexity index is 1200. The van der Waals surface area contributed by atoms with Crippen LogP contribution in [-0.2, 0) is 11.2 Å². The number of rotatable bonds is 8. The second-order valence-electron chi connectivity index (χ2n) is 10.3. The van der Waals surface area contributed by atoms with Crippen molar-refractivity contribution in [3.05, 3.63) is 106 Å². The standard InChI is InChI=1S/C31H35ClN2O2/c1-22(25-12-8-13-26(20-25)29(35)24-10-5-4-6-11-24)30(36)33-28-15-17-31(18-16-28,34(2)3)21-23-9-7-14-27(32)19-23/h4-14,19-20,22,28H,15-18,21H2,1-3H3,(H,33,36). The topological polar surface area (TPSA) is 49.4 Å². The molecule has 188 valence electrons. The van der Waals surface area contributed by atoms with Crippen LogP contribution in [0.15, 0.2) is 78.9 Å². The van der Waals surface area contributed by atoms with Crippen LogP contribution in [-0.4, -0.2) is 42.3 Å². The highest BCUT2D eigenvalue weighted by molar-refractivity contribution is 6.30. The maximum absolute atomic E-state index is 13.2. The largest absolute Gasteiger partial charge is 0.353 e. The zero-order chi connectivity index (χ0) is 25.7. The molecular weight excluding hydrogens is 468 g/mol. The normalized spacial score (nSPS) is 20.6. The van der Waals surface area contributed by atoms with Crippen molar-refractivity contribution in [2.75, 3.05) is 14.1 Å². The fourth-order valence-electron chi connectivity index (χ4n) is 5.29. The molecule has 5 heteroatoms. The highest BCUT2D eigenvalue weighted by Crippen LogP contribution is 2.36. The first-order valence-electron chi connectivity index (χ1n) is 12.7. The maximum Gasteiger partial charge on any atom is 0.227 e. The lowest BCUT2D eigenvalue weighted by molar-refractivity contribution is -0.123. The minimum atomic E-state index is -0.333. The molecule has 0 aromatic heterocycles. The number of hydrogen-bond acceptors (Lipinski definition) is 3. The quantitative estimate of drug-likeness (QED) is 0.369. The van der Waals surface area contributed by atoms with E-state index in [1.807, 2.05) is 73.7 Å². The fraction of sp³-hybridized carbons (Fsp3) is 0.355. The van der Waals surface area contributed by atoms with Gasteiger partial charge in [-0.05, 0) is 82.4 Å². The van der Waals surface area contributed by atoms with Crippen molar-refractivity contribution in [3.8, 4) is 0 Å². The van der Waals surface area contributed by atoms with Crippen LogP contribution < -0.4 is 5.32 Å². The highest BCUT2D eigenvalue weighted by Gasteiger charge is 2.38. The van der Waals surface area contributed by atoms with E-state index in [0.29, 0.717) is 11.1 Å². The minimum absolute atomic E-state index is 0.0107. The summed E-state index contributed by atoms with van der Waals surface area (Å²) in [4.78, 5) is 28.4. The van der Waals surface area contributed by atoms with Crippen molar-refractivity contribution in [1.29, 1.82) is 0 Å². The smallest absolute Gasteiger partial charge is 0.227 e. The van der Waals surface area contributed by atoms with Gasteiger partial charge in [-0.25, -0.2) is 0 Å². The van der Waals surface area contributed by atoms with Gasteiger partial charge in [-0.2, -0.15) is 0 Å². The van der Waals surface area contributed by atoms with Gasteiger partial charge >= 0.3 is 0 Å². The Kier molecular flexibility index (Phi) is 8.28. The van der Waals surface area contributed by atoms with Crippen LogP contribution in [0.5, 0.6) is 0 Å². The van der Waals surface area contributed by atoms with Crippen LogP contribution in [0.4, 0.5) is 0 Å². The molecule has 0 spiro atoms. The van der Waals surface area contributed by atoms with E-state index in [9.17, 15) is 9.59 Å². The molecular formula is C31H35ClN2O2. The molecule has 3 aromatic carbocycles. The van der Waals surface area contributed by atoms with E-state index in [2.05, 4.69) is 36.4 Å². The Hall–Kier alpha value is -2.95. The van der Waals surface area contributed by atoms with Crippen LogP contribution in [0.25, 0.3) is 0 Å². The van der Waals surface area contributed by atoms with Crippen LogP contribution in [0.1, 0.15) is 65.6 Å². The predicted octanol–water partition coefficient (Wildman–Crippen LogP) is 6.28. The molecule has 1 fully saturated rings.